The van der Waals surface area contributed by atoms with Crippen molar-refractivity contribution in [2.24, 2.45) is 0 Å². The van der Waals surface area contributed by atoms with E-state index >= 15 is 0 Å². The maximum atomic E-state index is 11.1. The molecule has 0 spiro atoms. The molecule has 0 aliphatic rings. The first-order valence-electron chi connectivity index (χ1n) is 23.1. The lowest BCUT2D eigenvalue weighted by Gasteiger charge is -2.13. The zero-order valence-electron chi connectivity index (χ0n) is 37.5. The van der Waals surface area contributed by atoms with Gasteiger partial charge >= 0.3 is 0 Å². The molecule has 0 radical (unpaired) electrons. The van der Waals surface area contributed by atoms with E-state index in [0.29, 0.717) is 28.9 Å². The third-order valence-corrected chi connectivity index (χ3v) is 13.0. The molecule has 0 saturated carbocycles. The van der Waals surface area contributed by atoms with Gasteiger partial charge in [0.25, 0.3) is 0 Å². The number of para-hydroxylation sites is 2. The molecule has 8 heteroatoms. The molecule has 9 aromatic carbocycles. The van der Waals surface area contributed by atoms with Crippen molar-refractivity contribution in [3.8, 4) is 85.5 Å². The van der Waals surface area contributed by atoms with Crippen molar-refractivity contribution in [1.29, 1.82) is 5.26 Å². The van der Waals surface area contributed by atoms with Crippen molar-refractivity contribution in [2.45, 2.75) is 0 Å². The van der Waals surface area contributed by atoms with Crippen molar-refractivity contribution >= 4 is 43.6 Å². The van der Waals surface area contributed by atoms with E-state index in [1.807, 2.05) is 127 Å². The number of hydrogen-bond acceptors (Lipinski definition) is 6. The van der Waals surface area contributed by atoms with Crippen LogP contribution >= 0.6 is 0 Å². The van der Waals surface area contributed by atoms with Crippen LogP contribution in [0, 0.1) is 11.3 Å². The number of rotatable bonds is 8. The Balaban J connectivity index is 0.972. The molecule has 13 aromatic rings. The Morgan fingerprint density at radius 1 is 0.329 bits per heavy atom. The number of nitrogens with zero attached hydrogens (tertiary/aromatic N) is 8. The van der Waals surface area contributed by atoms with Gasteiger partial charge < -0.3 is 9.13 Å². The summed E-state index contributed by atoms with van der Waals surface area (Å²) < 4.78 is 4.60. The first kappa shape index (κ1) is 40.4. The quantitative estimate of drug-likeness (QED) is 0.151. The smallest absolute Gasteiger partial charge is 0.164 e. The molecular weight excluding hydrogens is 857 g/mol. The van der Waals surface area contributed by atoms with Crippen molar-refractivity contribution in [2.75, 3.05) is 0 Å². The molecule has 326 valence electrons. The number of nitriles is 1. The van der Waals surface area contributed by atoms with Crippen LogP contribution < -0.4 is 0 Å². The minimum Gasteiger partial charge on any atom is -0.309 e. The van der Waals surface area contributed by atoms with Crippen molar-refractivity contribution in [1.82, 2.24) is 34.1 Å². The van der Waals surface area contributed by atoms with Crippen molar-refractivity contribution in [3.05, 3.63) is 236 Å². The van der Waals surface area contributed by atoms with Gasteiger partial charge in [0.15, 0.2) is 23.3 Å². The van der Waals surface area contributed by atoms with Gasteiger partial charge in [-0.1, -0.05) is 176 Å². The molecule has 0 aliphatic carbocycles. The summed E-state index contributed by atoms with van der Waals surface area (Å²) in [4.78, 5) is 25.0. The van der Waals surface area contributed by atoms with Crippen molar-refractivity contribution in [3.63, 3.8) is 0 Å². The highest BCUT2D eigenvalue weighted by Crippen LogP contribution is 2.43. The maximum Gasteiger partial charge on any atom is 0.164 e. The van der Waals surface area contributed by atoms with Gasteiger partial charge in [0.05, 0.1) is 44.7 Å². The number of aromatic nitrogens is 7. The second kappa shape index (κ2) is 16.8. The molecule has 0 amide bonds. The predicted molar refractivity (Wildman–Crippen MR) is 281 cm³/mol. The summed E-state index contributed by atoms with van der Waals surface area (Å²) in [5.41, 5.74) is 13.6. The first-order valence-corrected chi connectivity index (χ1v) is 23.1. The molecule has 13 rings (SSSR count). The monoisotopic (exact) mass is 894 g/mol. The Morgan fingerprint density at radius 3 is 1.36 bits per heavy atom. The van der Waals surface area contributed by atoms with Crippen LogP contribution in [0.1, 0.15) is 5.56 Å². The summed E-state index contributed by atoms with van der Waals surface area (Å²) in [5, 5.41) is 15.5. The molecule has 0 aliphatic heterocycles. The third-order valence-electron chi connectivity index (χ3n) is 13.0. The Bertz CT molecular complexity index is 4040. The van der Waals surface area contributed by atoms with Crippen LogP contribution in [-0.2, 0) is 0 Å². The van der Waals surface area contributed by atoms with E-state index in [4.69, 9.17) is 24.9 Å². The van der Waals surface area contributed by atoms with Gasteiger partial charge in [0, 0.05) is 60.6 Å². The van der Waals surface area contributed by atoms with Gasteiger partial charge in [-0.3, -0.25) is 0 Å². The minimum atomic E-state index is 0.488. The standard InChI is InChI=1S/C62H38N8/c63-39-46-37-45(62-67-60(43-21-9-3-10-22-43)66-61(68-62)44-23-11-4-12-24-44)31-35-53(46)70-54-27-15-13-25-48(54)49-34-36-56-57(58(49)70)50-26-14-16-28-55(50)69(56)47-32-29-41(30-33-47)52-38-51(40-17-5-1-6-18-40)64-59(65-52)42-19-7-2-8-20-42/h1-38H. The average molecular weight is 895 g/mol. The SMILES string of the molecule is N#Cc1cc(-c2nc(-c3ccccc3)nc(-c3ccccc3)n2)ccc1-n1c2ccccc2c2ccc3c(c4ccccc4n3-c3ccc(-c4cc(-c5ccccc5)nc(-c5ccccc5)n4)cc3)c21. The fraction of sp³-hybridized carbons (Fsp3) is 0. The van der Waals surface area contributed by atoms with Gasteiger partial charge in [0.2, 0.25) is 0 Å². The lowest BCUT2D eigenvalue weighted by molar-refractivity contribution is 1.07. The van der Waals surface area contributed by atoms with Crippen LogP contribution in [0.5, 0.6) is 0 Å². The van der Waals surface area contributed by atoms with Crippen LogP contribution in [-0.4, -0.2) is 34.1 Å². The molecule has 4 heterocycles. The lowest BCUT2D eigenvalue weighted by Crippen LogP contribution is -2.02. The molecule has 0 saturated heterocycles. The molecule has 4 aromatic heterocycles. The Kier molecular flexibility index (Phi) is 9.70. The van der Waals surface area contributed by atoms with Crippen LogP contribution in [0.4, 0.5) is 0 Å². The molecule has 0 atom stereocenters. The van der Waals surface area contributed by atoms with E-state index in [-0.39, 0.29) is 0 Å². The molecule has 70 heavy (non-hydrogen) atoms. The summed E-state index contributed by atoms with van der Waals surface area (Å²) in [6.45, 7) is 0. The van der Waals surface area contributed by atoms with Crippen molar-refractivity contribution < 1.29 is 0 Å². The first-order chi connectivity index (χ1) is 34.7. The van der Waals surface area contributed by atoms with Gasteiger partial charge in [-0.15, -0.1) is 0 Å². The molecule has 8 nitrogen and oxygen atoms in total. The van der Waals surface area contributed by atoms with Crippen LogP contribution in [0.2, 0.25) is 0 Å². The van der Waals surface area contributed by atoms with E-state index in [9.17, 15) is 5.26 Å². The molecule has 0 unspecified atom stereocenters. The minimum absolute atomic E-state index is 0.488. The highest BCUT2D eigenvalue weighted by atomic mass is 15.0. The van der Waals surface area contributed by atoms with E-state index in [1.165, 1.54) is 0 Å². The van der Waals surface area contributed by atoms with Gasteiger partial charge in [-0.25, -0.2) is 24.9 Å². The Morgan fingerprint density at radius 2 is 0.786 bits per heavy atom. The van der Waals surface area contributed by atoms with Gasteiger partial charge in [0.1, 0.15) is 6.07 Å². The molecular formula is C62H38N8. The number of fused-ring (bicyclic) bond motifs is 7. The van der Waals surface area contributed by atoms with E-state index in [1.54, 1.807) is 0 Å². The van der Waals surface area contributed by atoms with Crippen LogP contribution in [0.15, 0.2) is 231 Å². The van der Waals surface area contributed by atoms with E-state index in [0.717, 1.165) is 99.8 Å². The molecule has 0 fully saturated rings. The third kappa shape index (κ3) is 6.88. The normalized spacial score (nSPS) is 11.4. The summed E-state index contributed by atoms with van der Waals surface area (Å²) in [7, 11) is 0. The summed E-state index contributed by atoms with van der Waals surface area (Å²) in [6.07, 6.45) is 0. The second-order valence-corrected chi connectivity index (χ2v) is 17.2. The van der Waals surface area contributed by atoms with Gasteiger partial charge in [-0.05, 0) is 54.6 Å². The maximum absolute atomic E-state index is 11.1. The summed E-state index contributed by atoms with van der Waals surface area (Å²) >= 11 is 0. The fourth-order valence-corrected chi connectivity index (χ4v) is 9.78. The molecule has 0 N–H and O–H groups in total. The average Bonchev–Trinajstić information content (AvgIpc) is 3.96. The lowest BCUT2D eigenvalue weighted by atomic mass is 10.1. The van der Waals surface area contributed by atoms with Crippen LogP contribution in [0.3, 0.4) is 0 Å². The van der Waals surface area contributed by atoms with Gasteiger partial charge in [-0.2, -0.15) is 5.26 Å². The second-order valence-electron chi connectivity index (χ2n) is 17.2. The highest BCUT2D eigenvalue weighted by molar-refractivity contribution is 6.26. The Hall–Kier alpha value is -9.84. The summed E-state index contributed by atoms with van der Waals surface area (Å²) in [5.74, 6) is 2.29. The van der Waals surface area contributed by atoms with E-state index in [2.05, 4.69) is 118 Å². The Labute approximate surface area is 402 Å². The fourth-order valence-electron chi connectivity index (χ4n) is 9.78. The van der Waals surface area contributed by atoms with E-state index < -0.39 is 0 Å². The number of hydrogen-bond donors (Lipinski definition) is 0. The predicted octanol–water partition coefficient (Wildman–Crippen LogP) is 14.7. The molecule has 0 bridgehead atoms. The van der Waals surface area contributed by atoms with Crippen LogP contribution in [0.25, 0.3) is 123 Å². The largest absolute Gasteiger partial charge is 0.309 e. The number of benzene rings is 9. The zero-order chi connectivity index (χ0) is 46.5. The topological polar surface area (TPSA) is 98.1 Å². The zero-order valence-corrected chi connectivity index (χ0v) is 37.5. The highest BCUT2D eigenvalue weighted by Gasteiger charge is 2.23. The summed E-state index contributed by atoms with van der Waals surface area (Å²) in [6, 6.07) is 80.9.